The van der Waals surface area contributed by atoms with Gasteiger partial charge in [0.2, 0.25) is 6.41 Å². The summed E-state index contributed by atoms with van der Waals surface area (Å²) in [6.45, 7) is 4.96. The largest absolute Gasteiger partial charge is 0.458 e. The first kappa shape index (κ1) is 10.9. The Hall–Kier alpha value is -1.10. The number of amides is 1. The van der Waals surface area contributed by atoms with Gasteiger partial charge in [0.15, 0.2) is 6.61 Å². The zero-order chi connectivity index (χ0) is 9.61. The summed E-state index contributed by atoms with van der Waals surface area (Å²) < 4.78 is 4.86. The highest BCUT2D eigenvalue weighted by Crippen LogP contribution is 2.06. The molecular weight excluding hydrogens is 162 g/mol. The lowest BCUT2D eigenvalue weighted by atomic mass is 10.2. The molecule has 0 aromatic carbocycles. The van der Waals surface area contributed by atoms with Crippen LogP contribution in [0.1, 0.15) is 20.8 Å². The Balaban J connectivity index is 3.53. The topological polar surface area (TPSA) is 64.6 Å². The molecule has 1 amide bonds. The minimum absolute atomic E-state index is 0.282. The van der Waals surface area contributed by atoms with Crippen molar-refractivity contribution in [2.45, 2.75) is 26.4 Å². The predicted molar refractivity (Wildman–Crippen MR) is 41.0 cm³/mol. The summed E-state index contributed by atoms with van der Waals surface area (Å²) in [5.74, 6) is -0.517. The quantitative estimate of drug-likeness (QED) is 0.283. The fourth-order valence-electron chi connectivity index (χ4n) is 0.506. The van der Waals surface area contributed by atoms with Gasteiger partial charge in [-0.05, 0) is 20.8 Å². The molecule has 0 aliphatic rings. The standard InChI is InChI=1S/C7H13NO4/c1-7(2,3)12-6(10)4-11-8-5-9/h5H,4H2,1-3H3,(H,8,9). The highest BCUT2D eigenvalue weighted by molar-refractivity contribution is 5.71. The van der Waals surface area contributed by atoms with Crippen LogP contribution in [-0.4, -0.2) is 24.6 Å². The molecule has 0 fully saturated rings. The number of hydroxylamine groups is 1. The molecule has 5 nitrogen and oxygen atoms in total. The van der Waals surface area contributed by atoms with Crippen LogP contribution in [0.25, 0.3) is 0 Å². The summed E-state index contributed by atoms with van der Waals surface area (Å²) in [7, 11) is 0. The van der Waals surface area contributed by atoms with Gasteiger partial charge in [-0.15, -0.1) is 0 Å². The van der Waals surface area contributed by atoms with Crippen molar-refractivity contribution >= 4 is 12.4 Å². The van der Waals surface area contributed by atoms with Crippen LogP contribution >= 0.6 is 0 Å². The maximum absolute atomic E-state index is 10.8. The van der Waals surface area contributed by atoms with Gasteiger partial charge in [0.1, 0.15) is 5.60 Å². The van der Waals surface area contributed by atoms with Gasteiger partial charge in [-0.1, -0.05) is 0 Å². The van der Waals surface area contributed by atoms with Crippen LogP contribution in [0.15, 0.2) is 0 Å². The lowest BCUT2D eigenvalue weighted by Gasteiger charge is -2.18. The first-order valence-electron chi connectivity index (χ1n) is 3.48. The highest BCUT2D eigenvalue weighted by Gasteiger charge is 2.15. The second kappa shape index (κ2) is 4.71. The van der Waals surface area contributed by atoms with E-state index in [4.69, 9.17) is 4.74 Å². The van der Waals surface area contributed by atoms with Gasteiger partial charge in [-0.3, -0.25) is 9.63 Å². The average Bonchev–Trinajstić information content (AvgIpc) is 1.84. The monoisotopic (exact) mass is 175 g/mol. The molecule has 0 aromatic rings. The zero-order valence-corrected chi connectivity index (χ0v) is 7.42. The molecule has 0 saturated carbocycles. The Kier molecular flexibility index (Phi) is 4.28. The first-order chi connectivity index (χ1) is 5.45. The van der Waals surface area contributed by atoms with Crippen LogP contribution < -0.4 is 5.48 Å². The molecule has 0 aliphatic heterocycles. The summed E-state index contributed by atoms with van der Waals surface area (Å²) in [6.07, 6.45) is 0.338. The summed E-state index contributed by atoms with van der Waals surface area (Å²) in [5.41, 5.74) is 1.36. The molecule has 1 N–H and O–H groups in total. The average molecular weight is 175 g/mol. The van der Waals surface area contributed by atoms with Crippen molar-refractivity contribution in [1.29, 1.82) is 0 Å². The number of carbonyl (C=O) groups is 2. The van der Waals surface area contributed by atoms with Gasteiger partial charge >= 0.3 is 5.97 Å². The normalized spacial score (nSPS) is 10.6. The van der Waals surface area contributed by atoms with Crippen LogP contribution in [0.2, 0.25) is 0 Å². The molecule has 0 aliphatic carbocycles. The third kappa shape index (κ3) is 7.01. The minimum atomic E-state index is -0.526. The number of hydrogen-bond acceptors (Lipinski definition) is 4. The maximum Gasteiger partial charge on any atom is 0.335 e. The molecule has 0 saturated heterocycles. The van der Waals surface area contributed by atoms with E-state index < -0.39 is 11.6 Å². The third-order valence-corrected chi connectivity index (χ3v) is 0.741. The second-order valence-corrected chi connectivity index (χ2v) is 3.11. The molecule has 5 heteroatoms. The van der Waals surface area contributed by atoms with Gasteiger partial charge in [0.25, 0.3) is 0 Å². The van der Waals surface area contributed by atoms with Crippen LogP contribution in [0, 0.1) is 0 Å². The van der Waals surface area contributed by atoms with Crippen molar-refractivity contribution in [3.8, 4) is 0 Å². The number of ether oxygens (including phenoxy) is 1. The molecule has 0 aromatic heterocycles. The Morgan fingerprint density at radius 3 is 2.50 bits per heavy atom. The molecule has 0 bridgehead atoms. The smallest absolute Gasteiger partial charge is 0.335 e. The zero-order valence-electron chi connectivity index (χ0n) is 7.42. The van der Waals surface area contributed by atoms with Crippen LogP contribution in [0.3, 0.4) is 0 Å². The van der Waals surface area contributed by atoms with Crippen molar-refractivity contribution in [2.24, 2.45) is 0 Å². The van der Waals surface area contributed by atoms with Crippen molar-refractivity contribution in [1.82, 2.24) is 5.48 Å². The van der Waals surface area contributed by atoms with Crippen LogP contribution in [0.4, 0.5) is 0 Å². The molecule has 0 atom stereocenters. The van der Waals surface area contributed by atoms with E-state index >= 15 is 0 Å². The molecule has 0 radical (unpaired) electrons. The SMILES string of the molecule is CC(C)(C)OC(=O)CONC=O. The fourth-order valence-corrected chi connectivity index (χ4v) is 0.506. The van der Waals surface area contributed by atoms with Gasteiger partial charge in [-0.25, -0.2) is 10.3 Å². The summed E-state index contributed by atoms with van der Waals surface area (Å²) in [6, 6.07) is 0. The first-order valence-corrected chi connectivity index (χ1v) is 3.48. The lowest BCUT2D eigenvalue weighted by Crippen LogP contribution is -2.28. The molecule has 0 heterocycles. The summed E-state index contributed by atoms with van der Waals surface area (Å²) in [5, 5.41) is 0. The summed E-state index contributed by atoms with van der Waals surface area (Å²) >= 11 is 0. The van der Waals surface area contributed by atoms with Crippen molar-refractivity contribution in [2.75, 3.05) is 6.61 Å². The van der Waals surface area contributed by atoms with Crippen molar-refractivity contribution < 1.29 is 19.2 Å². The molecule has 0 unspecified atom stereocenters. The lowest BCUT2D eigenvalue weighted by molar-refractivity contribution is -0.163. The Morgan fingerprint density at radius 1 is 1.50 bits per heavy atom. The maximum atomic E-state index is 10.8. The van der Waals surface area contributed by atoms with Crippen molar-refractivity contribution in [3.63, 3.8) is 0 Å². The van der Waals surface area contributed by atoms with Crippen molar-refractivity contribution in [3.05, 3.63) is 0 Å². The summed E-state index contributed by atoms with van der Waals surface area (Å²) in [4.78, 5) is 24.9. The molecule has 0 spiro atoms. The predicted octanol–water partition coefficient (Wildman–Crippen LogP) is 0.00570. The molecule has 70 valence electrons. The van der Waals surface area contributed by atoms with Crippen LogP contribution in [-0.2, 0) is 19.2 Å². The van der Waals surface area contributed by atoms with E-state index in [1.54, 1.807) is 20.8 Å². The van der Waals surface area contributed by atoms with Gasteiger partial charge in [0.05, 0.1) is 0 Å². The minimum Gasteiger partial charge on any atom is -0.458 e. The van der Waals surface area contributed by atoms with E-state index in [0.29, 0.717) is 6.41 Å². The van der Waals surface area contributed by atoms with E-state index in [1.165, 1.54) is 0 Å². The molecule has 12 heavy (non-hydrogen) atoms. The van der Waals surface area contributed by atoms with E-state index in [2.05, 4.69) is 4.84 Å². The fraction of sp³-hybridized carbons (Fsp3) is 0.714. The second-order valence-electron chi connectivity index (χ2n) is 3.11. The number of carbonyl (C=O) groups excluding carboxylic acids is 2. The van der Waals surface area contributed by atoms with E-state index in [0.717, 1.165) is 0 Å². The molecular formula is C7H13NO4. The third-order valence-electron chi connectivity index (χ3n) is 0.741. The highest BCUT2D eigenvalue weighted by atomic mass is 16.7. The molecule has 0 rings (SSSR count). The van der Waals surface area contributed by atoms with Gasteiger partial charge < -0.3 is 4.74 Å². The van der Waals surface area contributed by atoms with Gasteiger partial charge in [0, 0.05) is 0 Å². The number of rotatable bonds is 4. The number of nitrogens with one attached hydrogen (secondary N) is 1. The Bertz CT molecular complexity index is 161. The van der Waals surface area contributed by atoms with E-state index in [9.17, 15) is 9.59 Å². The Labute approximate surface area is 71.0 Å². The number of hydrogen-bond donors (Lipinski definition) is 1. The van der Waals surface area contributed by atoms with E-state index in [1.807, 2.05) is 5.48 Å². The van der Waals surface area contributed by atoms with Crippen LogP contribution in [0.5, 0.6) is 0 Å². The van der Waals surface area contributed by atoms with Gasteiger partial charge in [-0.2, -0.15) is 0 Å². The number of esters is 1. The van der Waals surface area contributed by atoms with E-state index in [-0.39, 0.29) is 6.61 Å². The Morgan fingerprint density at radius 2 is 2.08 bits per heavy atom.